The first-order valence-corrected chi connectivity index (χ1v) is 8.94. The Morgan fingerprint density at radius 1 is 1.26 bits per heavy atom. The van der Waals surface area contributed by atoms with Crippen molar-refractivity contribution < 1.29 is 9.53 Å². The summed E-state index contributed by atoms with van der Waals surface area (Å²) in [5.74, 6) is 0.104. The lowest BCUT2D eigenvalue weighted by molar-refractivity contribution is -0.141. The van der Waals surface area contributed by atoms with E-state index in [0.29, 0.717) is 11.5 Å². The molecule has 0 aromatic carbocycles. The Bertz CT molecular complexity index is 485. The van der Waals surface area contributed by atoms with Crippen molar-refractivity contribution in [2.45, 2.75) is 51.0 Å². The molecular formula is C18H29N3O2. The number of likely N-dealkylation sites (N-methyl/N-ethyl adjacent to an activating group) is 1. The predicted octanol–water partition coefficient (Wildman–Crippen LogP) is 2.03. The maximum atomic E-state index is 12.9. The van der Waals surface area contributed by atoms with Gasteiger partial charge in [-0.2, -0.15) is 5.26 Å². The molecule has 0 N–H and O–H groups in total. The molecule has 5 nitrogen and oxygen atoms in total. The van der Waals surface area contributed by atoms with Gasteiger partial charge in [-0.25, -0.2) is 0 Å². The van der Waals surface area contributed by atoms with Crippen molar-refractivity contribution in [1.29, 1.82) is 5.26 Å². The van der Waals surface area contributed by atoms with E-state index in [0.717, 1.165) is 64.8 Å². The fraction of sp³-hybridized carbons (Fsp3) is 0.889. The number of carbonyl (C=O) groups excluding carboxylic acids is 1. The Morgan fingerprint density at radius 3 is 2.48 bits per heavy atom. The number of rotatable bonds is 3. The Balaban J connectivity index is 1.61. The summed E-state index contributed by atoms with van der Waals surface area (Å²) < 4.78 is 5.34. The second-order valence-corrected chi connectivity index (χ2v) is 7.92. The number of nitriles is 1. The van der Waals surface area contributed by atoms with E-state index in [1.807, 2.05) is 4.90 Å². The lowest BCUT2D eigenvalue weighted by Crippen LogP contribution is -2.49. The van der Waals surface area contributed by atoms with Crippen LogP contribution in [0, 0.1) is 22.2 Å². The van der Waals surface area contributed by atoms with Gasteiger partial charge in [-0.3, -0.25) is 4.79 Å². The van der Waals surface area contributed by atoms with E-state index >= 15 is 0 Å². The van der Waals surface area contributed by atoms with Crippen molar-refractivity contribution in [2.24, 2.45) is 10.8 Å². The highest BCUT2D eigenvalue weighted by atomic mass is 16.5. The third kappa shape index (κ3) is 2.99. The lowest BCUT2D eigenvalue weighted by atomic mass is 9.75. The summed E-state index contributed by atoms with van der Waals surface area (Å²) in [7, 11) is 3.95. The van der Waals surface area contributed by atoms with Crippen LogP contribution >= 0.6 is 0 Å². The van der Waals surface area contributed by atoms with E-state index in [2.05, 4.69) is 18.0 Å². The molecule has 2 saturated heterocycles. The van der Waals surface area contributed by atoms with Gasteiger partial charge in [0.05, 0.1) is 12.7 Å². The predicted molar refractivity (Wildman–Crippen MR) is 87.7 cm³/mol. The maximum absolute atomic E-state index is 12.9. The molecule has 2 heterocycles. The number of likely N-dealkylation sites (tertiary alicyclic amines) is 2. The van der Waals surface area contributed by atoms with Crippen LogP contribution in [0.15, 0.2) is 0 Å². The third-order valence-electron chi connectivity index (χ3n) is 6.43. The third-order valence-corrected chi connectivity index (χ3v) is 6.43. The molecule has 128 valence electrons. The normalized spacial score (nSPS) is 29.8. The number of nitrogens with zero attached hydrogens (tertiary/aromatic N) is 3. The number of amides is 1. The van der Waals surface area contributed by atoms with Crippen LogP contribution in [0.2, 0.25) is 0 Å². The standard InChI is InChI=1S/C18H29N3O2/c1-20-14-17(11-15(20)12-23-2)7-9-21(10-8-17)16(22)18(13-19)5-3-4-6-18/h15H,3-12,14H2,1-2H3. The first kappa shape index (κ1) is 16.7. The molecule has 3 aliphatic rings. The van der Waals surface area contributed by atoms with Crippen LogP contribution < -0.4 is 0 Å². The molecular weight excluding hydrogens is 290 g/mol. The Hall–Kier alpha value is -1.12. The first-order chi connectivity index (χ1) is 11.0. The van der Waals surface area contributed by atoms with Gasteiger partial charge in [0, 0.05) is 32.8 Å². The molecule has 1 aliphatic carbocycles. The van der Waals surface area contributed by atoms with Gasteiger partial charge in [0.1, 0.15) is 5.41 Å². The number of carbonyl (C=O) groups is 1. The summed E-state index contributed by atoms with van der Waals surface area (Å²) in [5, 5.41) is 9.53. The van der Waals surface area contributed by atoms with Crippen molar-refractivity contribution >= 4 is 5.91 Å². The summed E-state index contributed by atoms with van der Waals surface area (Å²) >= 11 is 0. The summed E-state index contributed by atoms with van der Waals surface area (Å²) in [6, 6.07) is 2.85. The van der Waals surface area contributed by atoms with E-state index in [4.69, 9.17) is 4.74 Å². The molecule has 3 fully saturated rings. The number of hydrogen-bond acceptors (Lipinski definition) is 4. The summed E-state index contributed by atoms with van der Waals surface area (Å²) in [6.07, 6.45) is 6.82. The van der Waals surface area contributed by atoms with Gasteiger partial charge in [0.2, 0.25) is 5.91 Å². The highest BCUT2D eigenvalue weighted by molar-refractivity contribution is 5.86. The minimum absolute atomic E-state index is 0.104. The Kier molecular flexibility index (Phi) is 4.66. The molecule has 0 bridgehead atoms. The van der Waals surface area contributed by atoms with Crippen molar-refractivity contribution in [3.63, 3.8) is 0 Å². The lowest BCUT2D eigenvalue weighted by Gasteiger charge is -2.41. The molecule has 5 heteroatoms. The summed E-state index contributed by atoms with van der Waals surface area (Å²) in [5.41, 5.74) is -0.375. The van der Waals surface area contributed by atoms with Crippen LogP contribution in [0.25, 0.3) is 0 Å². The zero-order valence-electron chi connectivity index (χ0n) is 14.5. The van der Waals surface area contributed by atoms with E-state index in [9.17, 15) is 10.1 Å². The minimum Gasteiger partial charge on any atom is -0.383 e. The second kappa shape index (κ2) is 6.41. The van der Waals surface area contributed by atoms with E-state index in [-0.39, 0.29) is 5.91 Å². The maximum Gasteiger partial charge on any atom is 0.243 e. The van der Waals surface area contributed by atoms with Gasteiger partial charge in [0.15, 0.2) is 0 Å². The number of piperidine rings is 1. The average molecular weight is 319 g/mol. The smallest absolute Gasteiger partial charge is 0.243 e. The van der Waals surface area contributed by atoms with Crippen LogP contribution in [0.4, 0.5) is 0 Å². The monoisotopic (exact) mass is 319 g/mol. The van der Waals surface area contributed by atoms with Gasteiger partial charge in [-0.05, 0) is 44.6 Å². The fourth-order valence-corrected chi connectivity index (χ4v) is 4.96. The van der Waals surface area contributed by atoms with Gasteiger partial charge in [-0.15, -0.1) is 0 Å². The SMILES string of the molecule is COCC1CC2(CCN(C(=O)C3(C#N)CCCC3)CC2)CN1C. The van der Waals surface area contributed by atoms with Gasteiger partial charge in [0.25, 0.3) is 0 Å². The molecule has 1 saturated carbocycles. The average Bonchev–Trinajstić information content (AvgIpc) is 3.15. The molecule has 0 aromatic rings. The van der Waals surface area contributed by atoms with Gasteiger partial charge in [-0.1, -0.05) is 12.8 Å². The molecule has 0 radical (unpaired) electrons. The van der Waals surface area contributed by atoms with Crippen molar-refractivity contribution in [3.8, 4) is 6.07 Å². The van der Waals surface area contributed by atoms with E-state index in [1.54, 1.807) is 7.11 Å². The molecule has 3 rings (SSSR count). The van der Waals surface area contributed by atoms with Crippen LogP contribution in [0.5, 0.6) is 0 Å². The summed E-state index contributed by atoms with van der Waals surface area (Å²) in [6.45, 7) is 3.52. The summed E-state index contributed by atoms with van der Waals surface area (Å²) in [4.78, 5) is 17.2. The molecule has 2 aliphatic heterocycles. The molecule has 1 amide bonds. The van der Waals surface area contributed by atoms with Crippen LogP contribution in [-0.4, -0.2) is 62.1 Å². The fourth-order valence-electron chi connectivity index (χ4n) is 4.96. The Morgan fingerprint density at radius 2 is 1.91 bits per heavy atom. The minimum atomic E-state index is -0.713. The number of ether oxygens (including phenoxy) is 1. The van der Waals surface area contributed by atoms with Crippen molar-refractivity contribution in [3.05, 3.63) is 0 Å². The van der Waals surface area contributed by atoms with Gasteiger partial charge < -0.3 is 14.5 Å². The highest BCUT2D eigenvalue weighted by Gasteiger charge is 2.48. The van der Waals surface area contributed by atoms with Crippen molar-refractivity contribution in [1.82, 2.24) is 9.80 Å². The molecule has 1 unspecified atom stereocenters. The molecule has 0 aromatic heterocycles. The van der Waals surface area contributed by atoms with E-state index in [1.165, 1.54) is 6.42 Å². The highest BCUT2D eigenvalue weighted by Crippen LogP contribution is 2.45. The zero-order valence-corrected chi connectivity index (χ0v) is 14.5. The first-order valence-electron chi connectivity index (χ1n) is 8.94. The Labute approximate surface area is 139 Å². The van der Waals surface area contributed by atoms with Crippen molar-refractivity contribution in [2.75, 3.05) is 40.4 Å². The zero-order chi connectivity index (χ0) is 16.5. The van der Waals surface area contributed by atoms with E-state index < -0.39 is 5.41 Å². The van der Waals surface area contributed by atoms with Crippen LogP contribution in [0.3, 0.4) is 0 Å². The van der Waals surface area contributed by atoms with Gasteiger partial charge >= 0.3 is 0 Å². The number of hydrogen-bond donors (Lipinski definition) is 0. The largest absolute Gasteiger partial charge is 0.383 e. The quantitative estimate of drug-likeness (QED) is 0.799. The van der Waals surface area contributed by atoms with Crippen LogP contribution in [-0.2, 0) is 9.53 Å². The van der Waals surface area contributed by atoms with Crippen LogP contribution in [0.1, 0.15) is 44.9 Å². The topological polar surface area (TPSA) is 56.6 Å². The molecule has 23 heavy (non-hydrogen) atoms. The number of methoxy groups -OCH3 is 1. The molecule has 1 atom stereocenters. The molecule has 1 spiro atoms. The second-order valence-electron chi connectivity index (χ2n) is 7.92.